The van der Waals surface area contributed by atoms with E-state index in [9.17, 15) is 8.42 Å². The van der Waals surface area contributed by atoms with Gasteiger partial charge in [0.25, 0.3) is 0 Å². The van der Waals surface area contributed by atoms with Crippen molar-refractivity contribution in [1.29, 1.82) is 0 Å². The van der Waals surface area contributed by atoms with Gasteiger partial charge in [-0.15, -0.1) is 0 Å². The molecule has 0 fully saturated rings. The van der Waals surface area contributed by atoms with Gasteiger partial charge < -0.3 is 4.90 Å². The van der Waals surface area contributed by atoms with Crippen molar-refractivity contribution in [2.24, 2.45) is 0 Å². The van der Waals surface area contributed by atoms with Gasteiger partial charge in [-0.2, -0.15) is 0 Å². The van der Waals surface area contributed by atoms with Gasteiger partial charge in [-0.1, -0.05) is 12.2 Å². The molecule has 1 rings (SSSR count). The second kappa shape index (κ2) is 4.43. The van der Waals surface area contributed by atoms with Gasteiger partial charge in [0, 0.05) is 19.6 Å². The van der Waals surface area contributed by atoms with Gasteiger partial charge in [0.15, 0.2) is 0 Å². The molecule has 0 saturated carbocycles. The Labute approximate surface area is 79.0 Å². The summed E-state index contributed by atoms with van der Waals surface area (Å²) in [6, 6.07) is 0. The van der Waals surface area contributed by atoms with Gasteiger partial charge in [0.05, 0.1) is 6.26 Å². The molecule has 1 aliphatic heterocycles. The van der Waals surface area contributed by atoms with E-state index in [1.54, 1.807) is 0 Å². The summed E-state index contributed by atoms with van der Waals surface area (Å²) in [4.78, 5) is 2.04. The van der Waals surface area contributed by atoms with Crippen LogP contribution in [-0.4, -0.2) is 39.2 Å². The molecule has 1 N–H and O–H groups in total. The third-order valence-corrected chi connectivity index (χ3v) is 2.38. The summed E-state index contributed by atoms with van der Waals surface area (Å²) in [5.74, 6) is 0. The Balaban J connectivity index is 2.20. The summed E-state index contributed by atoms with van der Waals surface area (Å²) in [5, 5.41) is 0. The molecule has 4 nitrogen and oxygen atoms in total. The largest absolute Gasteiger partial charge is 0.372 e. The molecule has 0 atom stereocenters. The molecule has 0 aromatic carbocycles. The summed E-state index contributed by atoms with van der Waals surface area (Å²) in [5.41, 5.74) is 0. The fourth-order valence-corrected chi connectivity index (χ4v) is 1.51. The minimum Gasteiger partial charge on any atom is -0.372 e. The van der Waals surface area contributed by atoms with Crippen molar-refractivity contribution in [1.82, 2.24) is 9.62 Å². The molecule has 0 amide bonds. The first-order valence-electron chi connectivity index (χ1n) is 4.10. The summed E-state index contributed by atoms with van der Waals surface area (Å²) in [6.45, 7) is 2.01. The number of nitrogens with one attached hydrogen (secondary N) is 1. The smallest absolute Gasteiger partial charge is 0.208 e. The predicted molar refractivity (Wildman–Crippen MR) is 52.7 cm³/mol. The Morgan fingerprint density at radius 1 is 1.46 bits per heavy atom. The van der Waals surface area contributed by atoms with E-state index in [1.807, 2.05) is 29.3 Å². The summed E-state index contributed by atoms with van der Waals surface area (Å²) >= 11 is 0. The van der Waals surface area contributed by atoms with Crippen molar-refractivity contribution in [3.8, 4) is 0 Å². The monoisotopic (exact) mass is 202 g/mol. The maximum absolute atomic E-state index is 10.7. The van der Waals surface area contributed by atoms with Gasteiger partial charge in [-0.05, 0) is 12.3 Å². The lowest BCUT2D eigenvalue weighted by molar-refractivity contribution is 0.415. The molecule has 0 radical (unpaired) electrons. The fourth-order valence-electron chi connectivity index (χ4n) is 1.05. The topological polar surface area (TPSA) is 49.4 Å². The number of nitrogens with zero attached hydrogens (tertiary/aromatic N) is 1. The van der Waals surface area contributed by atoms with Crippen LogP contribution in [0.1, 0.15) is 0 Å². The number of hydrogen-bond acceptors (Lipinski definition) is 3. The van der Waals surface area contributed by atoms with Crippen molar-refractivity contribution >= 4 is 10.0 Å². The van der Waals surface area contributed by atoms with Crippen LogP contribution < -0.4 is 4.72 Å². The first-order chi connectivity index (χ1) is 6.08. The average Bonchev–Trinajstić information content (AvgIpc) is 2.04. The highest BCUT2D eigenvalue weighted by molar-refractivity contribution is 7.88. The lowest BCUT2D eigenvalue weighted by Gasteiger charge is -2.19. The van der Waals surface area contributed by atoms with Gasteiger partial charge in [-0.25, -0.2) is 13.1 Å². The molecule has 0 aliphatic carbocycles. The summed E-state index contributed by atoms with van der Waals surface area (Å²) in [7, 11) is -3.04. The van der Waals surface area contributed by atoms with Crippen LogP contribution in [0.25, 0.3) is 0 Å². The first kappa shape index (κ1) is 10.3. The van der Waals surface area contributed by atoms with Gasteiger partial charge >= 0.3 is 0 Å². The maximum Gasteiger partial charge on any atom is 0.208 e. The molecule has 0 aromatic heterocycles. The second-order valence-corrected chi connectivity index (χ2v) is 4.76. The van der Waals surface area contributed by atoms with Crippen molar-refractivity contribution in [2.75, 3.05) is 25.9 Å². The van der Waals surface area contributed by atoms with Crippen LogP contribution in [-0.2, 0) is 10.0 Å². The predicted octanol–water partition coefficient (Wildman–Crippen LogP) is -0.0789. The quantitative estimate of drug-likeness (QED) is 0.694. The molecular weight excluding hydrogens is 188 g/mol. The molecule has 0 aromatic rings. The van der Waals surface area contributed by atoms with E-state index in [4.69, 9.17) is 0 Å². The molecule has 0 bridgehead atoms. The Hall–Kier alpha value is -0.810. The van der Waals surface area contributed by atoms with Crippen LogP contribution in [0.2, 0.25) is 0 Å². The second-order valence-electron chi connectivity index (χ2n) is 2.93. The minimum atomic E-state index is -3.04. The third kappa shape index (κ3) is 4.69. The molecule has 1 heterocycles. The van der Waals surface area contributed by atoms with Gasteiger partial charge in [0.1, 0.15) is 0 Å². The van der Waals surface area contributed by atoms with Crippen LogP contribution in [0.5, 0.6) is 0 Å². The normalized spacial score (nSPS) is 16.5. The summed E-state index contributed by atoms with van der Waals surface area (Å²) in [6.07, 6.45) is 9.05. The Morgan fingerprint density at radius 2 is 2.23 bits per heavy atom. The van der Waals surface area contributed by atoms with Crippen molar-refractivity contribution in [3.63, 3.8) is 0 Å². The summed E-state index contributed by atoms with van der Waals surface area (Å²) < 4.78 is 23.9. The van der Waals surface area contributed by atoms with E-state index < -0.39 is 10.0 Å². The number of sulfonamides is 1. The zero-order valence-corrected chi connectivity index (χ0v) is 8.42. The van der Waals surface area contributed by atoms with Crippen molar-refractivity contribution in [3.05, 3.63) is 24.4 Å². The minimum absolute atomic E-state index is 0.455. The average molecular weight is 202 g/mol. The molecule has 0 unspecified atom stereocenters. The molecule has 1 aliphatic rings. The number of rotatable bonds is 4. The first-order valence-corrected chi connectivity index (χ1v) is 5.99. The van der Waals surface area contributed by atoms with Crippen LogP contribution in [0.4, 0.5) is 0 Å². The standard InChI is InChI=1S/C8H14N2O2S/c1-13(11,12)9-5-8-10-6-3-2-4-7-10/h2-4,6,9H,5,7-8H2,1H3. The lowest BCUT2D eigenvalue weighted by atomic mass is 10.3. The van der Waals surface area contributed by atoms with E-state index in [0.29, 0.717) is 13.1 Å². The highest BCUT2D eigenvalue weighted by Crippen LogP contribution is 1.96. The van der Waals surface area contributed by atoms with E-state index in [0.717, 1.165) is 6.54 Å². The highest BCUT2D eigenvalue weighted by Gasteiger charge is 2.02. The Kier molecular flexibility index (Phi) is 3.50. The zero-order valence-electron chi connectivity index (χ0n) is 7.60. The molecule has 0 spiro atoms. The number of hydrogen-bond donors (Lipinski definition) is 1. The van der Waals surface area contributed by atoms with E-state index in [-0.39, 0.29) is 0 Å². The van der Waals surface area contributed by atoms with Crippen LogP contribution >= 0.6 is 0 Å². The van der Waals surface area contributed by atoms with Crippen LogP contribution in [0.15, 0.2) is 24.4 Å². The SMILES string of the molecule is CS(=O)(=O)NCCN1C=CC=CC1. The van der Waals surface area contributed by atoms with E-state index in [2.05, 4.69) is 4.72 Å². The fraction of sp³-hybridized carbons (Fsp3) is 0.500. The molecule has 74 valence electrons. The maximum atomic E-state index is 10.7. The van der Waals surface area contributed by atoms with Crippen molar-refractivity contribution < 1.29 is 8.42 Å². The molecule has 0 saturated heterocycles. The number of allylic oxidation sites excluding steroid dienone is 2. The highest BCUT2D eigenvalue weighted by atomic mass is 32.2. The molecule has 5 heteroatoms. The van der Waals surface area contributed by atoms with E-state index in [1.165, 1.54) is 6.26 Å². The lowest BCUT2D eigenvalue weighted by Crippen LogP contribution is -2.32. The molecule has 13 heavy (non-hydrogen) atoms. The van der Waals surface area contributed by atoms with Gasteiger partial charge in [-0.3, -0.25) is 0 Å². The van der Waals surface area contributed by atoms with Gasteiger partial charge in [0.2, 0.25) is 10.0 Å². The Morgan fingerprint density at radius 3 is 2.77 bits per heavy atom. The third-order valence-electron chi connectivity index (χ3n) is 1.65. The Bertz CT molecular complexity index is 306. The zero-order chi connectivity index (χ0) is 9.73. The van der Waals surface area contributed by atoms with Crippen LogP contribution in [0.3, 0.4) is 0 Å². The van der Waals surface area contributed by atoms with E-state index >= 15 is 0 Å². The van der Waals surface area contributed by atoms with Crippen LogP contribution in [0, 0.1) is 0 Å². The molecular formula is C8H14N2O2S. The van der Waals surface area contributed by atoms with Crippen molar-refractivity contribution in [2.45, 2.75) is 0 Å².